The van der Waals surface area contributed by atoms with Crippen molar-refractivity contribution >= 4 is 37.1 Å². The first-order valence-electron chi connectivity index (χ1n) is 4.73. The molecule has 0 heterocycles. The molecule has 0 aromatic heterocycles. The topological polar surface area (TPSA) is 66.4 Å². The van der Waals surface area contributed by atoms with Crippen LogP contribution >= 0.6 is 25.3 Å². The number of nitrogens with one attached hydrogen (secondary N) is 1. The molecule has 0 radical (unpaired) electrons. The zero-order valence-electron chi connectivity index (χ0n) is 8.80. The Balaban J connectivity index is 3.94. The summed E-state index contributed by atoms with van der Waals surface area (Å²) in [6.45, 7) is 4.62. The van der Waals surface area contributed by atoms with Gasteiger partial charge in [0.05, 0.1) is 0 Å². The minimum atomic E-state index is -1.14. The van der Waals surface area contributed by atoms with Crippen molar-refractivity contribution in [3.63, 3.8) is 0 Å². The number of thiol groups is 2. The largest absolute Gasteiger partial charge is 0.480 e. The van der Waals surface area contributed by atoms with Gasteiger partial charge in [-0.3, -0.25) is 9.59 Å². The molecule has 0 rings (SSSR count). The van der Waals surface area contributed by atoms with Gasteiger partial charge in [-0.2, -0.15) is 25.3 Å². The average molecular weight is 251 g/mol. The van der Waals surface area contributed by atoms with Gasteiger partial charge >= 0.3 is 5.97 Å². The summed E-state index contributed by atoms with van der Waals surface area (Å²) in [6, 6.07) is 0. The minimum absolute atomic E-state index is 0.388. The molecule has 0 aromatic carbocycles. The van der Waals surface area contributed by atoms with E-state index in [0.717, 1.165) is 6.42 Å². The van der Waals surface area contributed by atoms with Crippen molar-refractivity contribution < 1.29 is 14.7 Å². The number of aliphatic carboxylic acids is 1. The first-order chi connectivity index (χ1) is 6.86. The lowest BCUT2D eigenvalue weighted by atomic mass is 10.1. The van der Waals surface area contributed by atoms with E-state index in [1.165, 1.54) is 0 Å². The standard InChI is InChI=1S/C9H17NO3S2/c1-5(2)3-4-10-8(11)6(14)7(15)9(12)13/h5-7,14-15H,3-4H2,1-2H3,(H,10,11)(H,12,13). The van der Waals surface area contributed by atoms with E-state index in [1.54, 1.807) is 0 Å². The van der Waals surface area contributed by atoms with Crippen molar-refractivity contribution in [1.82, 2.24) is 5.32 Å². The van der Waals surface area contributed by atoms with Crippen LogP contribution in [0.2, 0.25) is 0 Å². The Morgan fingerprint density at radius 3 is 2.20 bits per heavy atom. The van der Waals surface area contributed by atoms with Crippen LogP contribution in [0.5, 0.6) is 0 Å². The summed E-state index contributed by atoms with van der Waals surface area (Å²) in [5.74, 6) is -1.03. The zero-order valence-corrected chi connectivity index (χ0v) is 10.6. The molecule has 0 fully saturated rings. The van der Waals surface area contributed by atoms with E-state index in [-0.39, 0.29) is 5.91 Å². The van der Waals surface area contributed by atoms with Crippen molar-refractivity contribution in [3.05, 3.63) is 0 Å². The van der Waals surface area contributed by atoms with Gasteiger partial charge in [-0.25, -0.2) is 0 Å². The summed E-state index contributed by atoms with van der Waals surface area (Å²) in [7, 11) is 0. The van der Waals surface area contributed by atoms with E-state index in [0.29, 0.717) is 12.5 Å². The predicted molar refractivity (Wildman–Crippen MR) is 65.6 cm³/mol. The van der Waals surface area contributed by atoms with Crippen LogP contribution < -0.4 is 5.32 Å². The van der Waals surface area contributed by atoms with Crippen LogP contribution in [0.25, 0.3) is 0 Å². The number of carbonyl (C=O) groups excluding carboxylic acids is 1. The molecule has 0 aliphatic rings. The summed E-state index contributed by atoms with van der Waals surface area (Å²) in [5, 5.41) is 9.24. The van der Waals surface area contributed by atoms with Gasteiger partial charge in [0.1, 0.15) is 10.5 Å². The molecule has 2 unspecified atom stereocenters. The van der Waals surface area contributed by atoms with Crippen LogP contribution in [-0.2, 0) is 9.59 Å². The Hall–Kier alpha value is -0.360. The van der Waals surface area contributed by atoms with Crippen LogP contribution in [0.3, 0.4) is 0 Å². The van der Waals surface area contributed by atoms with E-state index in [1.807, 2.05) is 13.8 Å². The lowest BCUT2D eigenvalue weighted by molar-refractivity contribution is -0.137. The molecule has 0 aliphatic heterocycles. The highest BCUT2D eigenvalue weighted by Crippen LogP contribution is 2.09. The van der Waals surface area contributed by atoms with Crippen LogP contribution in [0.1, 0.15) is 20.3 Å². The number of carboxylic acids is 1. The van der Waals surface area contributed by atoms with E-state index < -0.39 is 16.5 Å². The normalized spacial score (nSPS) is 14.7. The Morgan fingerprint density at radius 2 is 1.80 bits per heavy atom. The van der Waals surface area contributed by atoms with Crippen molar-refractivity contribution in [2.24, 2.45) is 5.92 Å². The van der Waals surface area contributed by atoms with Crippen LogP contribution in [0.15, 0.2) is 0 Å². The highest BCUT2D eigenvalue weighted by Gasteiger charge is 2.27. The number of carbonyl (C=O) groups is 2. The van der Waals surface area contributed by atoms with Crippen molar-refractivity contribution in [2.45, 2.75) is 30.8 Å². The molecular weight excluding hydrogens is 234 g/mol. The molecular formula is C9H17NO3S2. The van der Waals surface area contributed by atoms with Gasteiger partial charge in [-0.05, 0) is 12.3 Å². The zero-order chi connectivity index (χ0) is 12.0. The molecule has 4 nitrogen and oxygen atoms in total. The lowest BCUT2D eigenvalue weighted by Gasteiger charge is -2.14. The second-order valence-electron chi connectivity index (χ2n) is 3.70. The number of carboxylic acid groups (broad SMARTS) is 1. The first-order valence-corrected chi connectivity index (χ1v) is 5.76. The van der Waals surface area contributed by atoms with Crippen LogP contribution in [0.4, 0.5) is 0 Å². The quantitative estimate of drug-likeness (QED) is 0.529. The second-order valence-corrected chi connectivity index (χ2v) is 4.81. The van der Waals surface area contributed by atoms with Gasteiger partial charge in [-0.1, -0.05) is 13.8 Å². The summed E-state index contributed by atoms with van der Waals surface area (Å²) in [4.78, 5) is 21.9. The number of rotatable bonds is 6. The van der Waals surface area contributed by atoms with Gasteiger partial charge in [-0.15, -0.1) is 0 Å². The molecule has 0 aliphatic carbocycles. The highest BCUT2D eigenvalue weighted by molar-refractivity contribution is 7.86. The number of amides is 1. The van der Waals surface area contributed by atoms with Gasteiger partial charge in [0.25, 0.3) is 0 Å². The summed E-state index contributed by atoms with van der Waals surface area (Å²) >= 11 is 7.70. The molecule has 15 heavy (non-hydrogen) atoms. The summed E-state index contributed by atoms with van der Waals surface area (Å²) in [6.07, 6.45) is 0.858. The highest BCUT2D eigenvalue weighted by atomic mass is 32.1. The maximum absolute atomic E-state index is 11.4. The monoisotopic (exact) mass is 251 g/mol. The first kappa shape index (κ1) is 14.6. The fourth-order valence-corrected chi connectivity index (χ4v) is 1.22. The second kappa shape index (κ2) is 7.00. The SMILES string of the molecule is CC(C)CCNC(=O)C(S)C(S)C(=O)O. The number of hydrogen-bond acceptors (Lipinski definition) is 4. The Labute approximate surface area is 101 Å². The molecule has 0 aromatic rings. The lowest BCUT2D eigenvalue weighted by Crippen LogP contribution is -2.40. The van der Waals surface area contributed by atoms with E-state index >= 15 is 0 Å². The molecule has 2 atom stereocenters. The smallest absolute Gasteiger partial charge is 0.318 e. The van der Waals surface area contributed by atoms with Crippen LogP contribution in [0, 0.1) is 5.92 Å². The maximum atomic E-state index is 11.4. The predicted octanol–water partition coefficient (Wildman–Crippen LogP) is 0.830. The third-order valence-corrected chi connectivity index (χ3v) is 3.13. The Morgan fingerprint density at radius 1 is 1.27 bits per heavy atom. The van der Waals surface area contributed by atoms with E-state index in [2.05, 4.69) is 30.6 Å². The molecule has 6 heteroatoms. The van der Waals surface area contributed by atoms with E-state index in [4.69, 9.17) is 5.11 Å². The summed E-state index contributed by atoms with van der Waals surface area (Å²) in [5.41, 5.74) is 0. The Bertz CT molecular complexity index is 233. The third kappa shape index (κ3) is 5.94. The van der Waals surface area contributed by atoms with Crippen molar-refractivity contribution in [2.75, 3.05) is 6.54 Å². The fourth-order valence-electron chi connectivity index (χ4n) is 0.867. The van der Waals surface area contributed by atoms with Gasteiger partial charge in [0.2, 0.25) is 5.91 Å². The molecule has 88 valence electrons. The minimum Gasteiger partial charge on any atom is -0.480 e. The Kier molecular flexibility index (Phi) is 6.84. The number of hydrogen-bond donors (Lipinski definition) is 4. The molecule has 1 amide bonds. The average Bonchev–Trinajstić information content (AvgIpc) is 2.14. The van der Waals surface area contributed by atoms with Crippen LogP contribution in [-0.4, -0.2) is 34.0 Å². The van der Waals surface area contributed by atoms with Gasteiger partial charge < -0.3 is 10.4 Å². The third-order valence-electron chi connectivity index (χ3n) is 1.84. The maximum Gasteiger partial charge on any atom is 0.318 e. The molecule has 0 bridgehead atoms. The van der Waals surface area contributed by atoms with Gasteiger partial charge in [0, 0.05) is 6.54 Å². The molecule has 0 saturated heterocycles. The van der Waals surface area contributed by atoms with Crippen molar-refractivity contribution in [1.29, 1.82) is 0 Å². The fraction of sp³-hybridized carbons (Fsp3) is 0.778. The molecule has 2 N–H and O–H groups in total. The van der Waals surface area contributed by atoms with Crippen molar-refractivity contribution in [3.8, 4) is 0 Å². The molecule has 0 spiro atoms. The molecule has 0 saturated carbocycles. The van der Waals surface area contributed by atoms with Gasteiger partial charge in [0.15, 0.2) is 0 Å². The summed E-state index contributed by atoms with van der Waals surface area (Å²) < 4.78 is 0. The van der Waals surface area contributed by atoms with E-state index in [9.17, 15) is 9.59 Å².